The first kappa shape index (κ1) is 23.3. The second-order valence-corrected chi connectivity index (χ2v) is 9.34. The van der Waals surface area contributed by atoms with Crippen LogP contribution in [0.3, 0.4) is 0 Å². The van der Waals surface area contributed by atoms with Gasteiger partial charge in [-0.05, 0) is 55.2 Å². The molecule has 2 saturated heterocycles. The number of aliphatic hydroxyl groups is 2. The molecule has 10 heteroatoms. The molecule has 3 amide bonds. The second-order valence-electron chi connectivity index (χ2n) is 9.34. The van der Waals surface area contributed by atoms with Crippen LogP contribution in [-0.2, 0) is 19.2 Å². The minimum Gasteiger partial charge on any atom is -0.389 e. The Bertz CT molecular complexity index is 948. The fourth-order valence-corrected chi connectivity index (χ4v) is 4.81. The largest absolute Gasteiger partial charge is 0.389 e. The molecule has 1 aromatic carbocycles. The Kier molecular flexibility index (Phi) is 6.49. The lowest BCUT2D eigenvalue weighted by molar-refractivity contribution is -0.146. The number of nitrogens with one attached hydrogen (secondary N) is 2. The monoisotopic (exact) mass is 461 g/mol. The van der Waals surface area contributed by atoms with E-state index in [-0.39, 0.29) is 23.3 Å². The van der Waals surface area contributed by atoms with Crippen LogP contribution in [0.2, 0.25) is 0 Å². The van der Waals surface area contributed by atoms with E-state index < -0.39 is 54.1 Å². The Morgan fingerprint density at radius 2 is 1.94 bits per heavy atom. The summed E-state index contributed by atoms with van der Waals surface area (Å²) in [5, 5.41) is 25.3. The molecule has 4 atom stereocenters. The molecule has 1 spiro atoms. The fourth-order valence-electron chi connectivity index (χ4n) is 4.81. The van der Waals surface area contributed by atoms with E-state index in [2.05, 4.69) is 10.6 Å². The van der Waals surface area contributed by atoms with Crippen molar-refractivity contribution in [2.75, 3.05) is 19.7 Å². The van der Waals surface area contributed by atoms with Crippen LogP contribution in [0.15, 0.2) is 24.3 Å². The Labute approximate surface area is 190 Å². The molecule has 2 heterocycles. The summed E-state index contributed by atoms with van der Waals surface area (Å²) in [5.41, 5.74) is 0.0417. The number of hydrogen-bond donors (Lipinski definition) is 4. The lowest BCUT2D eigenvalue weighted by atomic mass is 9.95. The number of likely N-dealkylation sites (tertiary alicyclic amines) is 1. The molecule has 3 fully saturated rings. The van der Waals surface area contributed by atoms with E-state index in [1.807, 2.05) is 0 Å². The van der Waals surface area contributed by atoms with Crippen LogP contribution in [0.5, 0.6) is 0 Å². The smallest absolute Gasteiger partial charge is 0.256 e. The van der Waals surface area contributed by atoms with E-state index in [4.69, 9.17) is 0 Å². The Hall–Kier alpha value is -2.85. The van der Waals surface area contributed by atoms with Crippen molar-refractivity contribution < 1.29 is 33.8 Å². The zero-order valence-corrected chi connectivity index (χ0v) is 18.1. The molecule has 0 radical (unpaired) electrons. The summed E-state index contributed by atoms with van der Waals surface area (Å²) < 4.78 is 13.2. The van der Waals surface area contributed by atoms with Crippen molar-refractivity contribution in [3.8, 4) is 0 Å². The summed E-state index contributed by atoms with van der Waals surface area (Å²) in [4.78, 5) is 51.8. The van der Waals surface area contributed by atoms with E-state index in [1.165, 1.54) is 17.0 Å². The molecule has 0 bridgehead atoms. The zero-order chi connectivity index (χ0) is 23.8. The van der Waals surface area contributed by atoms with Crippen molar-refractivity contribution >= 4 is 23.5 Å². The number of hydrogen-bond acceptors (Lipinski definition) is 6. The quantitative estimate of drug-likeness (QED) is 0.424. The third-order valence-electron chi connectivity index (χ3n) is 7.01. The zero-order valence-electron chi connectivity index (χ0n) is 18.1. The first-order valence-electron chi connectivity index (χ1n) is 11.2. The summed E-state index contributed by atoms with van der Waals surface area (Å²) in [5.74, 6) is -2.95. The number of Topliss-reactive ketones (excluding diaryl/α,β-unsaturated/α-hetero) is 1. The third-order valence-corrected chi connectivity index (χ3v) is 7.01. The molecule has 4 rings (SSSR count). The van der Waals surface area contributed by atoms with Gasteiger partial charge in [-0.2, -0.15) is 0 Å². The third kappa shape index (κ3) is 4.91. The molecular weight excluding hydrogens is 433 g/mol. The van der Waals surface area contributed by atoms with Gasteiger partial charge < -0.3 is 25.7 Å². The minimum atomic E-state index is -1.55. The number of halogens is 1. The van der Waals surface area contributed by atoms with Crippen LogP contribution in [0.4, 0.5) is 4.39 Å². The minimum absolute atomic E-state index is 0.0704. The van der Waals surface area contributed by atoms with Crippen LogP contribution >= 0.6 is 0 Å². The first-order valence-corrected chi connectivity index (χ1v) is 11.2. The number of ketones is 1. The molecule has 1 saturated carbocycles. The lowest BCUT2D eigenvalue weighted by Gasteiger charge is -2.28. The number of nitrogens with zero attached hydrogens (tertiary/aromatic N) is 1. The van der Waals surface area contributed by atoms with Gasteiger partial charge in [0.2, 0.25) is 11.8 Å². The molecule has 9 nitrogen and oxygen atoms in total. The number of amides is 3. The van der Waals surface area contributed by atoms with Crippen molar-refractivity contribution in [3.05, 3.63) is 35.6 Å². The maximum Gasteiger partial charge on any atom is 0.256 e. The average molecular weight is 461 g/mol. The van der Waals surface area contributed by atoms with Crippen LogP contribution in [-0.4, -0.2) is 70.4 Å². The van der Waals surface area contributed by atoms with Crippen molar-refractivity contribution in [2.24, 2.45) is 11.3 Å². The van der Waals surface area contributed by atoms with E-state index >= 15 is 0 Å². The molecule has 4 N–H and O–H groups in total. The highest BCUT2D eigenvalue weighted by Crippen LogP contribution is 2.55. The number of rotatable bonds is 8. The molecule has 1 aliphatic carbocycles. The van der Waals surface area contributed by atoms with Gasteiger partial charge in [-0.15, -0.1) is 0 Å². The van der Waals surface area contributed by atoms with E-state index in [1.54, 1.807) is 0 Å². The number of aliphatic hydroxyl groups excluding tert-OH is 2. The van der Waals surface area contributed by atoms with Gasteiger partial charge in [0, 0.05) is 19.0 Å². The van der Waals surface area contributed by atoms with Crippen molar-refractivity contribution in [1.82, 2.24) is 15.5 Å². The Balaban J connectivity index is 1.49. The molecule has 1 unspecified atom stereocenters. The predicted octanol–water partition coefficient (Wildman–Crippen LogP) is -0.187. The number of carbonyl (C=O) groups is 4. The molecular formula is C23H28FN3O6. The number of carbonyl (C=O) groups excluding carboxylic acids is 4. The van der Waals surface area contributed by atoms with E-state index in [9.17, 15) is 33.8 Å². The Morgan fingerprint density at radius 3 is 2.52 bits per heavy atom. The van der Waals surface area contributed by atoms with Crippen LogP contribution in [0.1, 0.15) is 43.8 Å². The van der Waals surface area contributed by atoms with Crippen LogP contribution in [0, 0.1) is 17.2 Å². The van der Waals surface area contributed by atoms with Gasteiger partial charge in [0.1, 0.15) is 18.5 Å². The van der Waals surface area contributed by atoms with Crippen LogP contribution < -0.4 is 10.6 Å². The van der Waals surface area contributed by atoms with E-state index in [0.717, 1.165) is 25.0 Å². The highest BCUT2D eigenvalue weighted by Gasteiger charge is 2.56. The van der Waals surface area contributed by atoms with Gasteiger partial charge in [0.25, 0.3) is 5.91 Å². The van der Waals surface area contributed by atoms with Gasteiger partial charge in [0.05, 0.1) is 6.04 Å². The molecule has 0 aromatic heterocycles. The molecule has 33 heavy (non-hydrogen) atoms. The number of benzene rings is 1. The van der Waals surface area contributed by atoms with Gasteiger partial charge >= 0.3 is 0 Å². The predicted molar refractivity (Wildman–Crippen MR) is 113 cm³/mol. The standard InChI is InChI=1S/C23H28FN3O6/c24-15-3-1-13(2-4-15)19(30)22(33)27-12-23(6-7-23)10-17(27)21(32)26-16(18(29)11-28)9-14-5-8-25-20(14)31/h1-4,14,16-17,19,28,30H,5-12H2,(H,25,31)(H,26,32)/t14-,16?,17-,19+/m0/s1. The topological polar surface area (TPSA) is 136 Å². The highest BCUT2D eigenvalue weighted by atomic mass is 19.1. The van der Waals surface area contributed by atoms with Crippen molar-refractivity contribution in [3.63, 3.8) is 0 Å². The van der Waals surface area contributed by atoms with E-state index in [0.29, 0.717) is 25.9 Å². The highest BCUT2D eigenvalue weighted by molar-refractivity contribution is 5.95. The summed E-state index contributed by atoms with van der Waals surface area (Å²) in [7, 11) is 0. The Morgan fingerprint density at radius 1 is 1.24 bits per heavy atom. The second kappa shape index (κ2) is 9.18. The van der Waals surface area contributed by atoms with Gasteiger partial charge in [-0.3, -0.25) is 19.2 Å². The normalized spacial score (nSPS) is 24.9. The van der Waals surface area contributed by atoms with Gasteiger partial charge in [-0.1, -0.05) is 12.1 Å². The maximum absolute atomic E-state index is 13.2. The molecule has 2 aliphatic heterocycles. The SMILES string of the molecule is O=C(CO)C(C[C@@H]1CCNC1=O)NC(=O)[C@@H]1CC2(CC2)CN1C(=O)[C@H](O)c1ccc(F)cc1. The maximum atomic E-state index is 13.2. The first-order chi connectivity index (χ1) is 15.7. The van der Waals surface area contributed by atoms with Gasteiger partial charge in [-0.25, -0.2) is 4.39 Å². The lowest BCUT2D eigenvalue weighted by Crippen LogP contribution is -2.52. The molecule has 1 aromatic rings. The summed E-state index contributed by atoms with van der Waals surface area (Å²) in [6.45, 7) is 0.0256. The van der Waals surface area contributed by atoms with Gasteiger partial charge in [0.15, 0.2) is 11.9 Å². The fraction of sp³-hybridized carbons (Fsp3) is 0.565. The van der Waals surface area contributed by atoms with Crippen LogP contribution in [0.25, 0.3) is 0 Å². The summed E-state index contributed by atoms with van der Waals surface area (Å²) >= 11 is 0. The average Bonchev–Trinajstić information content (AvgIpc) is 3.27. The van der Waals surface area contributed by atoms with Crippen molar-refractivity contribution in [1.29, 1.82) is 0 Å². The molecule has 178 valence electrons. The van der Waals surface area contributed by atoms with Crippen molar-refractivity contribution in [2.45, 2.75) is 50.3 Å². The molecule has 3 aliphatic rings. The summed E-state index contributed by atoms with van der Waals surface area (Å²) in [6, 6.07) is 2.99. The summed E-state index contributed by atoms with van der Waals surface area (Å²) in [6.07, 6.45) is 1.17.